The molecule has 2 aliphatic rings. The minimum atomic E-state index is 0.0576. The molecule has 23 heavy (non-hydrogen) atoms. The van der Waals surface area contributed by atoms with Crippen LogP contribution in [0.3, 0.4) is 0 Å². The predicted molar refractivity (Wildman–Crippen MR) is 84.1 cm³/mol. The third-order valence-electron chi connectivity index (χ3n) is 4.56. The molecular weight excluding hydrogens is 296 g/mol. The first-order valence-corrected chi connectivity index (χ1v) is 8.50. The fourth-order valence-corrected chi connectivity index (χ4v) is 3.41. The van der Waals surface area contributed by atoms with Crippen LogP contribution in [0.5, 0.6) is 0 Å². The Labute approximate surface area is 137 Å². The number of rotatable bonds is 5. The molecule has 2 aliphatic heterocycles. The minimum absolute atomic E-state index is 0.0576. The monoisotopic (exact) mass is 322 g/mol. The van der Waals surface area contributed by atoms with Crippen LogP contribution in [0, 0.1) is 13.8 Å². The molecule has 7 nitrogen and oxygen atoms in total. The van der Waals surface area contributed by atoms with Crippen molar-refractivity contribution in [1.82, 2.24) is 19.7 Å². The van der Waals surface area contributed by atoms with E-state index in [0.717, 1.165) is 50.5 Å². The average molecular weight is 322 g/mol. The van der Waals surface area contributed by atoms with Crippen LogP contribution in [0.4, 0.5) is 0 Å². The lowest BCUT2D eigenvalue weighted by Gasteiger charge is -2.33. The second-order valence-electron chi connectivity index (χ2n) is 6.44. The van der Waals surface area contributed by atoms with Crippen molar-refractivity contribution in [2.75, 3.05) is 32.9 Å². The Kier molecular flexibility index (Phi) is 5.27. The number of hydrogen-bond acceptors (Lipinski definition) is 5. The van der Waals surface area contributed by atoms with Gasteiger partial charge in [-0.25, -0.2) is 9.67 Å². The number of carbonyl (C=O) groups is 1. The molecule has 1 amide bonds. The van der Waals surface area contributed by atoms with Crippen LogP contribution in [0.15, 0.2) is 0 Å². The highest BCUT2D eigenvalue weighted by atomic mass is 16.5. The summed E-state index contributed by atoms with van der Waals surface area (Å²) in [5, 5.41) is 4.46. The van der Waals surface area contributed by atoms with Crippen LogP contribution in [0.2, 0.25) is 0 Å². The normalized spacial score (nSPS) is 25.0. The number of likely N-dealkylation sites (tertiary alicyclic amines) is 1. The third-order valence-corrected chi connectivity index (χ3v) is 4.56. The summed E-state index contributed by atoms with van der Waals surface area (Å²) in [6, 6.07) is 0.215. The highest BCUT2D eigenvalue weighted by Crippen LogP contribution is 2.22. The Bertz CT molecular complexity index is 539. The van der Waals surface area contributed by atoms with Crippen molar-refractivity contribution in [3.05, 3.63) is 11.6 Å². The van der Waals surface area contributed by atoms with Gasteiger partial charge >= 0.3 is 0 Å². The summed E-state index contributed by atoms with van der Waals surface area (Å²) < 4.78 is 13.0. The summed E-state index contributed by atoms with van der Waals surface area (Å²) in [7, 11) is 0. The number of amides is 1. The quantitative estimate of drug-likeness (QED) is 0.816. The van der Waals surface area contributed by atoms with Crippen molar-refractivity contribution < 1.29 is 14.3 Å². The molecule has 0 N–H and O–H groups in total. The second kappa shape index (κ2) is 7.40. The van der Waals surface area contributed by atoms with Crippen LogP contribution < -0.4 is 0 Å². The van der Waals surface area contributed by atoms with Gasteiger partial charge < -0.3 is 14.4 Å². The van der Waals surface area contributed by atoms with Gasteiger partial charge in [0.25, 0.3) is 0 Å². The molecule has 2 fully saturated rings. The van der Waals surface area contributed by atoms with Gasteiger partial charge in [-0.3, -0.25) is 4.79 Å². The first-order valence-electron chi connectivity index (χ1n) is 8.50. The standard InChI is InChI=1S/C16H26N4O3/c1-12-17-13(2)20(18-12)14-5-3-7-19(9-14)16(21)11-22-10-15-6-4-8-23-15/h14-15H,3-11H2,1-2H3/t14-,15-/m0/s1. The van der Waals surface area contributed by atoms with Crippen LogP contribution in [-0.4, -0.2) is 64.6 Å². The third kappa shape index (κ3) is 4.09. The molecule has 7 heteroatoms. The van der Waals surface area contributed by atoms with Crippen molar-refractivity contribution in [2.45, 2.75) is 51.7 Å². The molecule has 1 aromatic heterocycles. The van der Waals surface area contributed by atoms with Gasteiger partial charge in [0.05, 0.1) is 18.8 Å². The fraction of sp³-hybridized carbons (Fsp3) is 0.812. The molecule has 3 heterocycles. The summed E-state index contributed by atoms with van der Waals surface area (Å²) in [4.78, 5) is 18.6. The predicted octanol–water partition coefficient (Wildman–Crippen LogP) is 1.25. The number of aryl methyl sites for hydroxylation is 2. The Morgan fingerprint density at radius 2 is 2.22 bits per heavy atom. The zero-order valence-corrected chi connectivity index (χ0v) is 14.0. The minimum Gasteiger partial charge on any atom is -0.376 e. The average Bonchev–Trinajstić information content (AvgIpc) is 3.17. The number of carbonyl (C=O) groups excluding carboxylic acids is 1. The molecule has 3 rings (SSSR count). The summed E-state index contributed by atoms with van der Waals surface area (Å²) >= 11 is 0. The number of piperidine rings is 1. The van der Waals surface area contributed by atoms with E-state index in [1.807, 2.05) is 23.4 Å². The van der Waals surface area contributed by atoms with Crippen LogP contribution >= 0.6 is 0 Å². The van der Waals surface area contributed by atoms with Gasteiger partial charge in [-0.2, -0.15) is 5.10 Å². The first kappa shape index (κ1) is 16.4. The Hall–Kier alpha value is -1.47. The van der Waals surface area contributed by atoms with Crippen LogP contribution in [0.1, 0.15) is 43.4 Å². The molecule has 0 bridgehead atoms. The Balaban J connectivity index is 1.49. The summed E-state index contributed by atoms with van der Waals surface area (Å²) in [5.74, 6) is 1.75. The number of aromatic nitrogens is 3. The molecule has 0 aliphatic carbocycles. The van der Waals surface area contributed by atoms with E-state index >= 15 is 0 Å². The van der Waals surface area contributed by atoms with Gasteiger partial charge in [-0.15, -0.1) is 0 Å². The van der Waals surface area contributed by atoms with Crippen molar-refractivity contribution in [1.29, 1.82) is 0 Å². The molecule has 0 radical (unpaired) electrons. The van der Waals surface area contributed by atoms with Gasteiger partial charge in [0.1, 0.15) is 18.3 Å². The zero-order valence-electron chi connectivity index (χ0n) is 14.0. The SMILES string of the molecule is Cc1nc(C)n([C@H]2CCCN(C(=O)COC[C@@H]3CCCO3)C2)n1. The van der Waals surface area contributed by atoms with Gasteiger partial charge in [-0.1, -0.05) is 0 Å². The maximum atomic E-state index is 12.4. The van der Waals surface area contributed by atoms with Crippen molar-refractivity contribution in [2.24, 2.45) is 0 Å². The first-order chi connectivity index (χ1) is 11.1. The number of ether oxygens (including phenoxy) is 2. The molecule has 0 spiro atoms. The summed E-state index contributed by atoms with van der Waals surface area (Å²) in [5.41, 5.74) is 0. The molecule has 1 aromatic rings. The largest absolute Gasteiger partial charge is 0.376 e. The van der Waals surface area contributed by atoms with E-state index in [-0.39, 0.29) is 24.7 Å². The van der Waals surface area contributed by atoms with Crippen LogP contribution in [0.25, 0.3) is 0 Å². The van der Waals surface area contributed by atoms with Crippen molar-refractivity contribution >= 4 is 5.91 Å². The van der Waals surface area contributed by atoms with Gasteiger partial charge in [-0.05, 0) is 39.5 Å². The Morgan fingerprint density at radius 3 is 2.91 bits per heavy atom. The second-order valence-corrected chi connectivity index (χ2v) is 6.44. The summed E-state index contributed by atoms with van der Waals surface area (Å²) in [6.07, 6.45) is 4.31. The van der Waals surface area contributed by atoms with Gasteiger partial charge in [0.15, 0.2) is 0 Å². The van der Waals surface area contributed by atoms with E-state index in [2.05, 4.69) is 10.1 Å². The molecular formula is C16H26N4O3. The van der Waals surface area contributed by atoms with Gasteiger partial charge in [0, 0.05) is 19.7 Å². The van der Waals surface area contributed by atoms with E-state index in [9.17, 15) is 4.79 Å². The van der Waals surface area contributed by atoms with E-state index in [1.165, 1.54) is 0 Å². The summed E-state index contributed by atoms with van der Waals surface area (Å²) in [6.45, 7) is 6.82. The van der Waals surface area contributed by atoms with E-state index < -0.39 is 0 Å². The highest BCUT2D eigenvalue weighted by molar-refractivity contribution is 5.77. The lowest BCUT2D eigenvalue weighted by Crippen LogP contribution is -2.43. The lowest BCUT2D eigenvalue weighted by molar-refractivity contribution is -0.139. The molecule has 0 aromatic carbocycles. The smallest absolute Gasteiger partial charge is 0.248 e. The lowest BCUT2D eigenvalue weighted by atomic mass is 10.1. The van der Waals surface area contributed by atoms with E-state index in [0.29, 0.717) is 13.2 Å². The van der Waals surface area contributed by atoms with Crippen molar-refractivity contribution in [3.63, 3.8) is 0 Å². The maximum Gasteiger partial charge on any atom is 0.248 e. The maximum absolute atomic E-state index is 12.4. The molecule has 2 saturated heterocycles. The fourth-order valence-electron chi connectivity index (χ4n) is 3.41. The Morgan fingerprint density at radius 1 is 1.35 bits per heavy atom. The highest BCUT2D eigenvalue weighted by Gasteiger charge is 2.27. The molecule has 128 valence electrons. The van der Waals surface area contributed by atoms with Gasteiger partial charge in [0.2, 0.25) is 5.91 Å². The van der Waals surface area contributed by atoms with E-state index in [4.69, 9.17) is 9.47 Å². The molecule has 2 atom stereocenters. The molecule has 0 unspecified atom stereocenters. The van der Waals surface area contributed by atoms with E-state index in [1.54, 1.807) is 0 Å². The van der Waals surface area contributed by atoms with Crippen molar-refractivity contribution in [3.8, 4) is 0 Å². The molecule has 0 saturated carbocycles. The number of nitrogens with zero attached hydrogens (tertiary/aromatic N) is 4. The number of hydrogen-bond donors (Lipinski definition) is 0. The topological polar surface area (TPSA) is 69.5 Å². The zero-order chi connectivity index (χ0) is 16.2. The van der Waals surface area contributed by atoms with Crippen LogP contribution in [-0.2, 0) is 14.3 Å².